The van der Waals surface area contributed by atoms with Crippen LogP contribution >= 0.6 is 0 Å². The van der Waals surface area contributed by atoms with Crippen LogP contribution in [0.25, 0.3) is 10.4 Å². The molecule has 7 nitrogen and oxygen atoms in total. The minimum atomic E-state index is -0.737. The van der Waals surface area contributed by atoms with Crippen molar-refractivity contribution in [3.8, 4) is 0 Å². The molecule has 15 heavy (non-hydrogen) atoms. The number of fused-ring (bicyclic) bond motifs is 1. The van der Waals surface area contributed by atoms with Crippen LogP contribution in [-0.2, 0) is 14.2 Å². The van der Waals surface area contributed by atoms with Crippen molar-refractivity contribution in [2.45, 2.75) is 44.2 Å². The minimum Gasteiger partial charge on any atom is -0.394 e. The summed E-state index contributed by atoms with van der Waals surface area (Å²) in [7, 11) is 0. The van der Waals surface area contributed by atoms with Gasteiger partial charge in [-0.3, -0.25) is 0 Å². The zero-order valence-electron chi connectivity index (χ0n) is 8.53. The lowest BCUT2D eigenvalue weighted by atomic mass is 10.1. The molecule has 2 aliphatic rings. The summed E-state index contributed by atoms with van der Waals surface area (Å²) < 4.78 is 16.4. The molecule has 7 heteroatoms. The Bertz CT molecular complexity index is 302. The number of azide groups is 1. The van der Waals surface area contributed by atoms with Crippen molar-refractivity contribution in [2.24, 2.45) is 5.11 Å². The van der Waals surface area contributed by atoms with Gasteiger partial charge in [-0.05, 0) is 19.4 Å². The molecule has 0 radical (unpaired) electrons. The summed E-state index contributed by atoms with van der Waals surface area (Å²) in [5, 5.41) is 12.6. The first kappa shape index (κ1) is 10.7. The Morgan fingerprint density at radius 3 is 2.80 bits per heavy atom. The zero-order valence-corrected chi connectivity index (χ0v) is 8.53. The van der Waals surface area contributed by atoms with Gasteiger partial charge in [-0.25, -0.2) is 0 Å². The van der Waals surface area contributed by atoms with E-state index in [0.29, 0.717) is 0 Å². The normalized spacial score (nSPS) is 42.3. The number of hydrogen-bond acceptors (Lipinski definition) is 5. The van der Waals surface area contributed by atoms with Gasteiger partial charge in [0.05, 0.1) is 18.8 Å². The maximum Gasteiger partial charge on any atom is 0.188 e. The second-order valence-electron chi connectivity index (χ2n) is 4.02. The number of aliphatic hydroxyl groups excluding tert-OH is 1. The monoisotopic (exact) mass is 215 g/mol. The van der Waals surface area contributed by atoms with E-state index < -0.39 is 30.3 Å². The predicted molar refractivity (Wildman–Crippen MR) is 48.7 cm³/mol. The smallest absolute Gasteiger partial charge is 0.188 e. The summed E-state index contributed by atoms with van der Waals surface area (Å²) in [5.41, 5.74) is 8.41. The van der Waals surface area contributed by atoms with Gasteiger partial charge < -0.3 is 19.3 Å². The summed E-state index contributed by atoms with van der Waals surface area (Å²) in [4.78, 5) is 2.72. The molecule has 2 rings (SSSR count). The van der Waals surface area contributed by atoms with Gasteiger partial charge in [-0.15, -0.1) is 0 Å². The summed E-state index contributed by atoms with van der Waals surface area (Å²) in [6.07, 6.45) is -1.55. The molecule has 2 aliphatic heterocycles. The van der Waals surface area contributed by atoms with E-state index >= 15 is 0 Å². The molecule has 0 bridgehead atoms. The van der Waals surface area contributed by atoms with Gasteiger partial charge in [-0.2, -0.15) is 0 Å². The molecule has 2 saturated heterocycles. The first-order chi connectivity index (χ1) is 7.07. The predicted octanol–water partition coefficient (Wildman–Crippen LogP) is 0.534. The fourth-order valence-electron chi connectivity index (χ4n) is 1.91. The van der Waals surface area contributed by atoms with Crippen molar-refractivity contribution in [2.75, 3.05) is 6.61 Å². The van der Waals surface area contributed by atoms with Crippen LogP contribution in [0.4, 0.5) is 0 Å². The largest absolute Gasteiger partial charge is 0.394 e. The van der Waals surface area contributed by atoms with E-state index in [2.05, 4.69) is 10.0 Å². The summed E-state index contributed by atoms with van der Waals surface area (Å²) in [6, 6.07) is -0.535. The van der Waals surface area contributed by atoms with E-state index in [1.54, 1.807) is 13.8 Å². The summed E-state index contributed by atoms with van der Waals surface area (Å²) in [5.74, 6) is -0.737. The molecule has 84 valence electrons. The highest BCUT2D eigenvalue weighted by Gasteiger charge is 2.54. The van der Waals surface area contributed by atoms with Crippen molar-refractivity contribution in [1.82, 2.24) is 0 Å². The number of aliphatic hydroxyl groups is 1. The molecule has 0 saturated carbocycles. The maximum atomic E-state index is 9.03. The third-order valence-electron chi connectivity index (χ3n) is 2.48. The Kier molecular flexibility index (Phi) is 2.57. The van der Waals surface area contributed by atoms with Crippen LogP contribution in [0, 0.1) is 0 Å². The van der Waals surface area contributed by atoms with E-state index in [9.17, 15) is 0 Å². The summed E-state index contributed by atoms with van der Waals surface area (Å²) >= 11 is 0. The number of nitrogens with zero attached hydrogens (tertiary/aromatic N) is 3. The molecular formula is C8H13N3O4. The number of ether oxygens (including phenoxy) is 3. The average Bonchev–Trinajstić information content (AvgIpc) is 2.60. The van der Waals surface area contributed by atoms with Crippen LogP contribution in [-0.4, -0.2) is 42.0 Å². The molecule has 0 spiro atoms. The van der Waals surface area contributed by atoms with Gasteiger partial charge in [0.25, 0.3) is 0 Å². The van der Waals surface area contributed by atoms with Gasteiger partial charge >= 0.3 is 0 Å². The van der Waals surface area contributed by atoms with Crippen LogP contribution in [0.1, 0.15) is 13.8 Å². The van der Waals surface area contributed by atoms with E-state index in [4.69, 9.17) is 24.8 Å². The molecule has 2 heterocycles. The van der Waals surface area contributed by atoms with E-state index in [1.165, 1.54) is 0 Å². The van der Waals surface area contributed by atoms with Crippen LogP contribution in [0.15, 0.2) is 5.11 Å². The molecule has 2 fully saturated rings. The van der Waals surface area contributed by atoms with Crippen LogP contribution < -0.4 is 0 Å². The molecule has 4 atom stereocenters. The molecule has 0 amide bonds. The molecule has 0 aromatic rings. The van der Waals surface area contributed by atoms with Crippen LogP contribution in [0.3, 0.4) is 0 Å². The minimum absolute atomic E-state index is 0.218. The van der Waals surface area contributed by atoms with Gasteiger partial charge in [0.2, 0.25) is 0 Å². The van der Waals surface area contributed by atoms with Crippen LogP contribution in [0.5, 0.6) is 0 Å². The lowest BCUT2D eigenvalue weighted by Gasteiger charge is -2.22. The van der Waals surface area contributed by atoms with Crippen LogP contribution in [0.2, 0.25) is 0 Å². The second-order valence-corrected chi connectivity index (χ2v) is 4.02. The molecular weight excluding hydrogens is 202 g/mol. The van der Waals surface area contributed by atoms with E-state index in [1.807, 2.05) is 0 Å². The number of rotatable bonds is 2. The Hall–Kier alpha value is -0.850. The van der Waals surface area contributed by atoms with E-state index in [0.717, 1.165) is 0 Å². The molecule has 0 aromatic heterocycles. The highest BCUT2D eigenvalue weighted by Crippen LogP contribution is 2.38. The van der Waals surface area contributed by atoms with E-state index in [-0.39, 0.29) is 6.61 Å². The number of hydrogen-bond donors (Lipinski definition) is 1. The molecule has 0 aliphatic carbocycles. The Labute approximate surface area is 86.6 Å². The first-order valence-electron chi connectivity index (χ1n) is 4.73. The topological polar surface area (TPSA) is 96.7 Å². The van der Waals surface area contributed by atoms with Gasteiger partial charge in [0.1, 0.15) is 6.10 Å². The Morgan fingerprint density at radius 2 is 2.20 bits per heavy atom. The fourth-order valence-corrected chi connectivity index (χ4v) is 1.91. The second kappa shape index (κ2) is 3.62. The zero-order chi connectivity index (χ0) is 11.1. The SMILES string of the molecule is CC1(C)OC2[C@H](O[C@H](CO)[C@@H]2N=[N+]=[N-])O1. The van der Waals surface area contributed by atoms with Crippen molar-refractivity contribution in [1.29, 1.82) is 0 Å². The van der Waals surface area contributed by atoms with Crippen molar-refractivity contribution in [3.63, 3.8) is 0 Å². The molecule has 1 unspecified atom stereocenters. The Morgan fingerprint density at radius 1 is 1.47 bits per heavy atom. The van der Waals surface area contributed by atoms with Crippen molar-refractivity contribution in [3.05, 3.63) is 10.4 Å². The Balaban J connectivity index is 2.17. The van der Waals surface area contributed by atoms with Gasteiger partial charge in [0, 0.05) is 4.91 Å². The third kappa shape index (κ3) is 1.80. The lowest BCUT2D eigenvalue weighted by molar-refractivity contribution is -0.209. The van der Waals surface area contributed by atoms with Crippen molar-refractivity contribution < 1.29 is 19.3 Å². The fraction of sp³-hybridized carbons (Fsp3) is 1.00. The standard InChI is InChI=1S/C8H13N3O4/c1-8(2)14-6-5(10-11-9)4(3-12)13-7(6)15-8/h4-7,12H,3H2,1-2H3/t4-,5+,6?,7-/m1/s1. The average molecular weight is 215 g/mol. The summed E-state index contributed by atoms with van der Waals surface area (Å²) in [6.45, 7) is 3.30. The molecule has 0 aromatic carbocycles. The maximum absolute atomic E-state index is 9.03. The highest BCUT2D eigenvalue weighted by atomic mass is 16.8. The van der Waals surface area contributed by atoms with Crippen molar-refractivity contribution >= 4 is 0 Å². The first-order valence-corrected chi connectivity index (χ1v) is 4.73. The highest BCUT2D eigenvalue weighted by molar-refractivity contribution is 4.97. The van der Waals surface area contributed by atoms with Gasteiger partial charge in [0.15, 0.2) is 12.1 Å². The quantitative estimate of drug-likeness (QED) is 0.413. The third-order valence-corrected chi connectivity index (χ3v) is 2.48. The van der Waals surface area contributed by atoms with Gasteiger partial charge in [-0.1, -0.05) is 5.11 Å². The molecule has 1 N–H and O–H groups in total. The lowest BCUT2D eigenvalue weighted by Crippen LogP contribution is -2.34.